The molecule has 1 atom stereocenters. The van der Waals surface area contributed by atoms with Crippen LogP contribution in [0.3, 0.4) is 0 Å². The molecular weight excluding hydrogens is 531 g/mol. The first-order valence-corrected chi connectivity index (χ1v) is 12.6. The van der Waals surface area contributed by atoms with Crippen LogP contribution in [-0.4, -0.2) is 54.3 Å². The van der Waals surface area contributed by atoms with Crippen molar-refractivity contribution >= 4 is 52.5 Å². The molecule has 1 aliphatic rings. The van der Waals surface area contributed by atoms with Gasteiger partial charge in [-0.3, -0.25) is 14.4 Å². The van der Waals surface area contributed by atoms with Gasteiger partial charge >= 0.3 is 5.97 Å². The van der Waals surface area contributed by atoms with E-state index in [0.717, 1.165) is 5.56 Å². The summed E-state index contributed by atoms with van der Waals surface area (Å²) in [5.41, 5.74) is 1.91. The molecule has 1 unspecified atom stereocenters. The lowest BCUT2D eigenvalue weighted by molar-refractivity contribution is -0.155. The van der Waals surface area contributed by atoms with Gasteiger partial charge in [0.1, 0.15) is 6.10 Å². The van der Waals surface area contributed by atoms with Gasteiger partial charge in [-0.25, -0.2) is 4.79 Å². The van der Waals surface area contributed by atoms with E-state index in [0.29, 0.717) is 30.4 Å². The maximum absolute atomic E-state index is 12.8. The van der Waals surface area contributed by atoms with Crippen molar-refractivity contribution in [2.24, 2.45) is 0 Å². The number of hydrogen-bond donors (Lipinski definition) is 1. The molecule has 0 aliphatic carbocycles. The normalized spacial score (nSPS) is 15.2. The topological polar surface area (TPSA) is 102 Å². The molecule has 8 nitrogen and oxygen atoms in total. The minimum Gasteiger partial charge on any atom is -0.454 e. The quantitative estimate of drug-likeness (QED) is 0.301. The molecule has 10 heteroatoms. The summed E-state index contributed by atoms with van der Waals surface area (Å²) in [7, 11) is 0. The van der Waals surface area contributed by atoms with Crippen LogP contribution in [-0.2, 0) is 25.6 Å². The Morgan fingerprint density at radius 3 is 2.37 bits per heavy atom. The lowest BCUT2D eigenvalue weighted by Crippen LogP contribution is -2.48. The van der Waals surface area contributed by atoms with Gasteiger partial charge in [-0.05, 0) is 48.0 Å². The zero-order valence-electron chi connectivity index (χ0n) is 20.2. The van der Waals surface area contributed by atoms with Crippen LogP contribution < -0.4 is 5.32 Å². The molecular formula is C28H24Cl2N2O6. The van der Waals surface area contributed by atoms with Gasteiger partial charge in [-0.15, -0.1) is 0 Å². The predicted molar refractivity (Wildman–Crippen MR) is 142 cm³/mol. The monoisotopic (exact) mass is 554 g/mol. The molecule has 0 spiro atoms. The Bertz CT molecular complexity index is 1330. The van der Waals surface area contributed by atoms with E-state index < -0.39 is 30.4 Å². The third kappa shape index (κ3) is 7.19. The maximum Gasteiger partial charge on any atom is 0.338 e. The second-order valence-corrected chi connectivity index (χ2v) is 9.38. The highest BCUT2D eigenvalue weighted by molar-refractivity contribution is 6.42. The van der Waals surface area contributed by atoms with Gasteiger partial charge in [0.05, 0.1) is 28.6 Å². The first-order valence-electron chi connectivity index (χ1n) is 11.8. The van der Waals surface area contributed by atoms with Crippen molar-refractivity contribution in [1.82, 2.24) is 4.90 Å². The number of benzene rings is 3. The summed E-state index contributed by atoms with van der Waals surface area (Å²) in [6, 6.07) is 20.0. The number of morpholine rings is 1. The third-order valence-corrected chi connectivity index (χ3v) is 6.57. The average molecular weight is 555 g/mol. The Morgan fingerprint density at radius 2 is 1.66 bits per heavy atom. The van der Waals surface area contributed by atoms with E-state index in [4.69, 9.17) is 32.7 Å². The summed E-state index contributed by atoms with van der Waals surface area (Å²) in [4.78, 5) is 51.6. The third-order valence-electron chi connectivity index (χ3n) is 5.83. The standard InChI is InChI=1S/C28H24Cl2N2O6/c29-22-11-8-20(14-23(22)30)24(33)17-38-28(36)19-6-9-21(10-7-19)31-26(34)15-25-27(35)32(12-13-37-25)16-18-4-2-1-3-5-18/h1-11,14,25H,12-13,15-17H2,(H,31,34). The van der Waals surface area contributed by atoms with Gasteiger partial charge in [-0.1, -0.05) is 53.5 Å². The molecule has 38 heavy (non-hydrogen) atoms. The fourth-order valence-corrected chi connectivity index (χ4v) is 4.13. The van der Waals surface area contributed by atoms with Crippen molar-refractivity contribution in [3.8, 4) is 0 Å². The number of ketones is 1. The molecule has 0 radical (unpaired) electrons. The summed E-state index contributed by atoms with van der Waals surface area (Å²) in [5.74, 6) is -1.75. The van der Waals surface area contributed by atoms with E-state index in [2.05, 4.69) is 5.32 Å². The van der Waals surface area contributed by atoms with Gasteiger partial charge in [0, 0.05) is 24.3 Å². The van der Waals surface area contributed by atoms with Crippen molar-refractivity contribution in [3.05, 3.63) is 99.5 Å². The number of anilines is 1. The van der Waals surface area contributed by atoms with Crippen LogP contribution in [0.15, 0.2) is 72.8 Å². The largest absolute Gasteiger partial charge is 0.454 e. The fourth-order valence-electron chi connectivity index (χ4n) is 3.83. The minimum absolute atomic E-state index is 0.134. The molecule has 3 aromatic carbocycles. The van der Waals surface area contributed by atoms with Gasteiger partial charge in [0.25, 0.3) is 5.91 Å². The smallest absolute Gasteiger partial charge is 0.338 e. The van der Waals surface area contributed by atoms with Crippen LogP contribution in [0.2, 0.25) is 10.0 Å². The first kappa shape index (κ1) is 27.3. The number of Topliss-reactive ketones (excluding diaryl/α,β-unsaturated/α-hetero) is 1. The molecule has 1 aliphatic heterocycles. The van der Waals surface area contributed by atoms with Crippen molar-refractivity contribution < 1.29 is 28.7 Å². The van der Waals surface area contributed by atoms with E-state index in [1.54, 1.807) is 4.90 Å². The molecule has 2 amide bonds. The fraction of sp³-hybridized carbons (Fsp3) is 0.214. The zero-order valence-corrected chi connectivity index (χ0v) is 21.7. The van der Waals surface area contributed by atoms with Crippen molar-refractivity contribution in [1.29, 1.82) is 0 Å². The number of carbonyl (C=O) groups excluding carboxylic acids is 4. The van der Waals surface area contributed by atoms with Gasteiger partial charge in [-0.2, -0.15) is 0 Å². The zero-order chi connectivity index (χ0) is 27.1. The van der Waals surface area contributed by atoms with E-state index >= 15 is 0 Å². The van der Waals surface area contributed by atoms with E-state index in [9.17, 15) is 19.2 Å². The molecule has 196 valence electrons. The van der Waals surface area contributed by atoms with Gasteiger partial charge < -0.3 is 19.7 Å². The highest BCUT2D eigenvalue weighted by Gasteiger charge is 2.31. The Morgan fingerprint density at radius 1 is 0.947 bits per heavy atom. The summed E-state index contributed by atoms with van der Waals surface area (Å²) >= 11 is 11.8. The lowest BCUT2D eigenvalue weighted by atomic mass is 10.1. The average Bonchev–Trinajstić information content (AvgIpc) is 2.92. The maximum atomic E-state index is 12.8. The molecule has 3 aromatic rings. The van der Waals surface area contributed by atoms with Crippen molar-refractivity contribution in [2.75, 3.05) is 25.1 Å². The Balaban J connectivity index is 1.26. The second-order valence-electron chi connectivity index (χ2n) is 8.56. The molecule has 4 rings (SSSR count). The van der Waals surface area contributed by atoms with Crippen molar-refractivity contribution in [2.45, 2.75) is 19.1 Å². The number of rotatable bonds is 9. The predicted octanol–water partition coefficient (Wildman–Crippen LogP) is 4.79. The number of halogens is 2. The number of nitrogens with one attached hydrogen (secondary N) is 1. The van der Waals surface area contributed by atoms with E-state index in [-0.39, 0.29) is 28.5 Å². The minimum atomic E-state index is -0.866. The second kappa shape index (κ2) is 12.7. The SMILES string of the molecule is O=C(CC1OCCN(Cc2ccccc2)C1=O)Nc1ccc(C(=O)OCC(=O)c2ccc(Cl)c(Cl)c2)cc1. The number of ether oxygens (including phenoxy) is 2. The van der Waals surface area contributed by atoms with Gasteiger partial charge in [0.2, 0.25) is 5.91 Å². The van der Waals surface area contributed by atoms with Crippen LogP contribution in [0.25, 0.3) is 0 Å². The van der Waals surface area contributed by atoms with Gasteiger partial charge in [0.15, 0.2) is 12.4 Å². The highest BCUT2D eigenvalue weighted by Crippen LogP contribution is 2.23. The Hall–Kier alpha value is -3.72. The molecule has 1 saturated heterocycles. The lowest BCUT2D eigenvalue weighted by Gasteiger charge is -2.32. The summed E-state index contributed by atoms with van der Waals surface area (Å²) in [6.07, 6.45) is -1.00. The number of amides is 2. The van der Waals surface area contributed by atoms with Crippen LogP contribution in [0.4, 0.5) is 5.69 Å². The highest BCUT2D eigenvalue weighted by atomic mass is 35.5. The Kier molecular flexibility index (Phi) is 9.12. The summed E-state index contributed by atoms with van der Waals surface area (Å²) in [6.45, 7) is 0.799. The number of esters is 1. The number of hydrogen-bond acceptors (Lipinski definition) is 6. The Labute approximate surface area is 229 Å². The summed E-state index contributed by atoms with van der Waals surface area (Å²) < 4.78 is 10.6. The first-order chi connectivity index (χ1) is 18.3. The molecule has 0 aromatic heterocycles. The molecule has 1 fully saturated rings. The van der Waals surface area contributed by atoms with E-state index in [1.807, 2.05) is 30.3 Å². The summed E-state index contributed by atoms with van der Waals surface area (Å²) in [5, 5.41) is 3.25. The number of nitrogens with zero attached hydrogens (tertiary/aromatic N) is 1. The van der Waals surface area contributed by atoms with Crippen LogP contribution in [0.1, 0.15) is 32.7 Å². The van der Waals surface area contributed by atoms with E-state index in [1.165, 1.54) is 42.5 Å². The van der Waals surface area contributed by atoms with Crippen molar-refractivity contribution in [3.63, 3.8) is 0 Å². The number of carbonyl (C=O) groups is 4. The molecule has 0 saturated carbocycles. The van der Waals surface area contributed by atoms with Crippen LogP contribution in [0.5, 0.6) is 0 Å². The molecule has 1 N–H and O–H groups in total. The molecule has 1 heterocycles. The van der Waals surface area contributed by atoms with Crippen LogP contribution >= 0.6 is 23.2 Å². The van der Waals surface area contributed by atoms with Crippen LogP contribution in [0, 0.1) is 0 Å². The molecule has 0 bridgehead atoms.